The van der Waals surface area contributed by atoms with Gasteiger partial charge in [0.15, 0.2) is 0 Å². The largest absolute Gasteiger partial charge is 0.480 e. The molecule has 2 aromatic rings. The van der Waals surface area contributed by atoms with Gasteiger partial charge < -0.3 is 25.4 Å². The van der Waals surface area contributed by atoms with Crippen molar-refractivity contribution >= 4 is 29.3 Å². The average Bonchev–Trinajstić information content (AvgIpc) is 3.20. The summed E-state index contributed by atoms with van der Waals surface area (Å²) >= 11 is 6.05. The summed E-state index contributed by atoms with van der Waals surface area (Å²) < 4.78 is 7.25. The smallest absolute Gasteiger partial charge is 0.326 e. The van der Waals surface area contributed by atoms with Crippen LogP contribution in [0.1, 0.15) is 68.2 Å². The number of unbranched alkanes of at least 4 members (excludes halogenated alkanes) is 1. The number of carboxylic acid groups (broad SMARTS) is 1. The minimum atomic E-state index is -1.09. The van der Waals surface area contributed by atoms with Gasteiger partial charge in [0.25, 0.3) is 5.91 Å². The summed E-state index contributed by atoms with van der Waals surface area (Å²) in [6, 6.07) is 3.25. The van der Waals surface area contributed by atoms with Crippen molar-refractivity contribution < 1.29 is 19.4 Å². The van der Waals surface area contributed by atoms with Gasteiger partial charge >= 0.3 is 5.97 Å². The lowest BCUT2D eigenvalue weighted by atomic mass is 10.1. The summed E-state index contributed by atoms with van der Waals surface area (Å²) in [5.41, 5.74) is 2.26. The van der Waals surface area contributed by atoms with E-state index in [0.29, 0.717) is 19.7 Å². The van der Waals surface area contributed by atoms with Crippen LogP contribution in [0.15, 0.2) is 18.3 Å². The number of carbonyl (C=O) groups excluding carboxylic acids is 1. The third kappa shape index (κ3) is 9.25. The fourth-order valence-corrected chi connectivity index (χ4v) is 4.68. The molecule has 1 aliphatic rings. The topological polar surface area (TPSA) is 122 Å². The molecule has 2 aromatic heterocycles. The molecule has 0 aromatic carbocycles. The third-order valence-corrected chi connectivity index (χ3v) is 6.77. The molecule has 3 rings (SSSR count). The Morgan fingerprint density at radius 3 is 2.74 bits per heavy atom. The first kappa shape index (κ1) is 29.9. The molecule has 3 N–H and O–H groups in total. The number of carbonyl (C=O) groups is 2. The van der Waals surface area contributed by atoms with Crippen LogP contribution < -0.4 is 10.6 Å². The molecule has 0 fully saturated rings. The van der Waals surface area contributed by atoms with Gasteiger partial charge in [-0.05, 0) is 77.5 Å². The van der Waals surface area contributed by atoms with E-state index in [-0.39, 0.29) is 22.7 Å². The number of carboxylic acids is 1. The Bertz CT molecular complexity index is 1060. The SMILES string of the molecule is Cn1ncc(Cl)c1C(=O)NC(CCN(CCCCc1ccc2c(n1)NCCC2)CCOC(C)(C)C)C(=O)O. The number of hydrogen-bond acceptors (Lipinski definition) is 7. The van der Waals surface area contributed by atoms with Gasteiger partial charge in [0.1, 0.15) is 17.6 Å². The minimum absolute atomic E-state index is 0.138. The molecule has 0 spiro atoms. The highest BCUT2D eigenvalue weighted by Gasteiger charge is 2.25. The van der Waals surface area contributed by atoms with Gasteiger partial charge in [0.05, 0.1) is 23.4 Å². The van der Waals surface area contributed by atoms with Gasteiger partial charge in [-0.2, -0.15) is 5.10 Å². The molecule has 0 saturated heterocycles. The molecule has 3 heterocycles. The zero-order chi connectivity index (χ0) is 27.7. The lowest BCUT2D eigenvalue weighted by Gasteiger charge is -2.27. The lowest BCUT2D eigenvalue weighted by Crippen LogP contribution is -2.44. The van der Waals surface area contributed by atoms with Crippen LogP contribution in [0.4, 0.5) is 5.82 Å². The van der Waals surface area contributed by atoms with Crippen molar-refractivity contribution in [1.29, 1.82) is 0 Å². The first-order valence-electron chi connectivity index (χ1n) is 13.3. The van der Waals surface area contributed by atoms with Crippen LogP contribution in [0.5, 0.6) is 0 Å². The van der Waals surface area contributed by atoms with Crippen molar-refractivity contribution in [2.75, 3.05) is 38.1 Å². The molecule has 210 valence electrons. The number of pyridine rings is 1. The quantitative estimate of drug-likeness (QED) is 0.306. The van der Waals surface area contributed by atoms with E-state index in [1.165, 1.54) is 16.4 Å². The number of amides is 1. The van der Waals surface area contributed by atoms with E-state index in [1.54, 1.807) is 7.05 Å². The normalized spacial score (nSPS) is 14.2. The standard InChI is InChI=1S/C27H41ClN6O4/c1-27(2,3)38-17-16-34(14-6-5-9-20-11-10-19-8-7-13-29-24(19)31-20)15-12-22(26(36)37)32-25(35)23-21(28)18-30-33(23)4/h10-11,18,22H,5-9,12-17H2,1-4H3,(H,29,31)(H,32,35)(H,36,37). The van der Waals surface area contributed by atoms with Gasteiger partial charge in [0.2, 0.25) is 0 Å². The van der Waals surface area contributed by atoms with E-state index in [4.69, 9.17) is 21.3 Å². The third-order valence-electron chi connectivity index (χ3n) is 6.50. The van der Waals surface area contributed by atoms with Crippen molar-refractivity contribution in [2.24, 2.45) is 7.05 Å². The maximum Gasteiger partial charge on any atom is 0.326 e. The number of halogens is 1. The van der Waals surface area contributed by atoms with Crippen LogP contribution >= 0.6 is 11.6 Å². The molecule has 0 aliphatic carbocycles. The Morgan fingerprint density at radius 1 is 1.26 bits per heavy atom. The first-order chi connectivity index (χ1) is 18.0. The predicted octanol–water partition coefficient (Wildman–Crippen LogP) is 3.54. The number of aliphatic carboxylic acids is 1. The summed E-state index contributed by atoms with van der Waals surface area (Å²) in [6.45, 7) is 9.52. The second kappa shape index (κ2) is 13.9. The van der Waals surface area contributed by atoms with Crippen molar-refractivity contribution in [3.63, 3.8) is 0 Å². The Labute approximate surface area is 230 Å². The number of anilines is 1. The summed E-state index contributed by atoms with van der Waals surface area (Å²) in [6.07, 6.45) is 6.64. The van der Waals surface area contributed by atoms with E-state index in [2.05, 4.69) is 32.8 Å². The van der Waals surface area contributed by atoms with Crippen molar-refractivity contribution in [3.05, 3.63) is 40.3 Å². The van der Waals surface area contributed by atoms with Crippen molar-refractivity contribution in [3.8, 4) is 0 Å². The highest BCUT2D eigenvalue weighted by molar-refractivity contribution is 6.33. The summed E-state index contributed by atoms with van der Waals surface area (Å²) in [5, 5.41) is 19.9. The van der Waals surface area contributed by atoms with Crippen LogP contribution in [0.25, 0.3) is 0 Å². The number of hydrogen-bond donors (Lipinski definition) is 3. The molecule has 1 amide bonds. The second-order valence-corrected chi connectivity index (χ2v) is 11.1. The number of nitrogens with one attached hydrogen (secondary N) is 2. The van der Waals surface area contributed by atoms with E-state index in [0.717, 1.165) is 56.7 Å². The molecule has 1 atom stereocenters. The number of aryl methyl sites for hydroxylation is 3. The summed E-state index contributed by atoms with van der Waals surface area (Å²) in [5.74, 6) is -0.629. The molecule has 0 saturated carbocycles. The van der Waals surface area contributed by atoms with Crippen molar-refractivity contribution in [2.45, 2.75) is 70.9 Å². The molecular weight excluding hydrogens is 508 g/mol. The highest BCUT2D eigenvalue weighted by atomic mass is 35.5. The van der Waals surface area contributed by atoms with Gasteiger partial charge in [-0.25, -0.2) is 9.78 Å². The Balaban J connectivity index is 1.53. The zero-order valence-corrected chi connectivity index (χ0v) is 23.7. The summed E-state index contributed by atoms with van der Waals surface area (Å²) in [4.78, 5) is 31.6. The van der Waals surface area contributed by atoms with Gasteiger partial charge in [0, 0.05) is 32.4 Å². The Hall–Kier alpha value is -2.69. The molecular formula is C27H41ClN6O4. The Morgan fingerprint density at radius 2 is 2.05 bits per heavy atom. The second-order valence-electron chi connectivity index (χ2n) is 10.7. The van der Waals surface area contributed by atoms with E-state index < -0.39 is 17.9 Å². The maximum atomic E-state index is 12.7. The monoisotopic (exact) mass is 548 g/mol. The molecule has 1 aliphatic heterocycles. The maximum absolute atomic E-state index is 12.7. The van der Waals surface area contributed by atoms with Gasteiger partial charge in [-0.1, -0.05) is 17.7 Å². The van der Waals surface area contributed by atoms with Crippen molar-refractivity contribution in [1.82, 2.24) is 25.0 Å². The highest BCUT2D eigenvalue weighted by Crippen LogP contribution is 2.20. The molecule has 0 bridgehead atoms. The number of rotatable bonds is 14. The van der Waals surface area contributed by atoms with E-state index in [1.807, 2.05) is 20.8 Å². The van der Waals surface area contributed by atoms with Crippen LogP contribution in [0.2, 0.25) is 5.02 Å². The minimum Gasteiger partial charge on any atom is -0.480 e. The van der Waals surface area contributed by atoms with Gasteiger partial charge in [-0.3, -0.25) is 9.48 Å². The number of nitrogens with zero attached hydrogens (tertiary/aromatic N) is 4. The lowest BCUT2D eigenvalue weighted by molar-refractivity contribution is -0.139. The zero-order valence-electron chi connectivity index (χ0n) is 22.9. The molecule has 0 radical (unpaired) electrons. The van der Waals surface area contributed by atoms with Crippen LogP contribution in [0.3, 0.4) is 0 Å². The fraction of sp³-hybridized carbons (Fsp3) is 0.630. The average molecular weight is 549 g/mol. The molecule has 1 unspecified atom stereocenters. The first-order valence-corrected chi connectivity index (χ1v) is 13.7. The van der Waals surface area contributed by atoms with E-state index >= 15 is 0 Å². The summed E-state index contributed by atoms with van der Waals surface area (Å²) in [7, 11) is 1.59. The van der Waals surface area contributed by atoms with Gasteiger partial charge in [-0.15, -0.1) is 0 Å². The van der Waals surface area contributed by atoms with Crippen LogP contribution in [0, 0.1) is 0 Å². The molecule has 10 nitrogen and oxygen atoms in total. The van der Waals surface area contributed by atoms with E-state index in [9.17, 15) is 14.7 Å². The van der Waals surface area contributed by atoms with Crippen LogP contribution in [-0.4, -0.2) is 81.1 Å². The number of aromatic nitrogens is 3. The Kier molecular flexibility index (Phi) is 10.9. The number of fused-ring (bicyclic) bond motifs is 1. The predicted molar refractivity (Wildman–Crippen MR) is 148 cm³/mol. The van der Waals surface area contributed by atoms with Crippen LogP contribution in [-0.2, 0) is 29.4 Å². The molecule has 38 heavy (non-hydrogen) atoms. The fourth-order valence-electron chi connectivity index (χ4n) is 4.43. The molecule has 11 heteroatoms. The number of ether oxygens (including phenoxy) is 1.